The second kappa shape index (κ2) is 7.97. The predicted molar refractivity (Wildman–Crippen MR) is 101 cm³/mol. The van der Waals surface area contributed by atoms with Crippen molar-refractivity contribution in [1.29, 1.82) is 0 Å². The third kappa shape index (κ3) is 3.93. The highest BCUT2D eigenvalue weighted by molar-refractivity contribution is 6.39. The number of nitrogens with zero attached hydrogens (tertiary/aromatic N) is 1. The lowest BCUT2D eigenvalue weighted by atomic mass is 9.77. The Labute approximate surface area is 171 Å². The molecule has 2 aliphatic rings. The SMILES string of the molecule is CC1CCC2(CC1)NC(=O)N(NC(=O)COC(=O)c1c(Cl)cccc1Cl)C2=O. The minimum Gasteiger partial charge on any atom is -0.452 e. The van der Waals surface area contributed by atoms with E-state index in [9.17, 15) is 19.2 Å². The number of nitrogens with one attached hydrogen (secondary N) is 2. The largest absolute Gasteiger partial charge is 0.452 e. The van der Waals surface area contributed by atoms with Gasteiger partial charge in [-0.15, -0.1) is 0 Å². The van der Waals surface area contributed by atoms with E-state index in [-0.39, 0.29) is 15.6 Å². The Morgan fingerprint density at radius 3 is 2.46 bits per heavy atom. The van der Waals surface area contributed by atoms with Crippen molar-refractivity contribution in [2.45, 2.75) is 38.1 Å². The van der Waals surface area contributed by atoms with E-state index in [1.807, 2.05) is 0 Å². The lowest BCUT2D eigenvalue weighted by molar-refractivity contribution is -0.141. The highest BCUT2D eigenvalue weighted by Gasteiger charge is 2.52. The van der Waals surface area contributed by atoms with Gasteiger partial charge in [0.15, 0.2) is 6.61 Å². The van der Waals surface area contributed by atoms with Gasteiger partial charge in [0.2, 0.25) is 0 Å². The molecule has 28 heavy (non-hydrogen) atoms. The molecule has 0 bridgehead atoms. The zero-order valence-electron chi connectivity index (χ0n) is 15.1. The van der Waals surface area contributed by atoms with Crippen LogP contribution in [-0.4, -0.2) is 41.0 Å². The fourth-order valence-electron chi connectivity index (χ4n) is 3.37. The number of urea groups is 1. The zero-order valence-corrected chi connectivity index (χ0v) is 16.6. The molecule has 1 aliphatic heterocycles. The molecule has 2 fully saturated rings. The van der Waals surface area contributed by atoms with Crippen molar-refractivity contribution in [3.8, 4) is 0 Å². The minimum absolute atomic E-state index is 0.0658. The Balaban J connectivity index is 1.58. The molecule has 2 N–H and O–H groups in total. The van der Waals surface area contributed by atoms with E-state index in [1.54, 1.807) is 6.07 Å². The molecule has 4 amide bonds. The molecule has 1 spiro atoms. The maximum atomic E-state index is 12.7. The number of benzene rings is 1. The first-order valence-corrected chi connectivity index (χ1v) is 9.56. The Morgan fingerprint density at radius 2 is 1.86 bits per heavy atom. The van der Waals surface area contributed by atoms with Gasteiger partial charge >= 0.3 is 12.0 Å². The molecule has 0 radical (unpaired) electrons. The number of hydrazine groups is 1. The van der Waals surface area contributed by atoms with Crippen LogP contribution in [-0.2, 0) is 14.3 Å². The van der Waals surface area contributed by atoms with Crippen LogP contribution in [0, 0.1) is 5.92 Å². The highest BCUT2D eigenvalue weighted by Crippen LogP contribution is 2.35. The van der Waals surface area contributed by atoms with Crippen LogP contribution < -0.4 is 10.7 Å². The van der Waals surface area contributed by atoms with Crippen molar-refractivity contribution in [3.05, 3.63) is 33.8 Å². The quantitative estimate of drug-likeness (QED) is 0.567. The standard InChI is InChI=1S/C18H19Cl2N3O5/c1-10-5-7-18(8-6-10)16(26)23(17(27)21-18)22-13(24)9-28-15(25)14-11(19)3-2-4-12(14)20/h2-4,10H,5-9H2,1H3,(H,21,27)(H,22,24). The summed E-state index contributed by atoms with van der Waals surface area (Å²) < 4.78 is 4.89. The second-order valence-electron chi connectivity index (χ2n) is 7.04. The van der Waals surface area contributed by atoms with Crippen LogP contribution in [0.25, 0.3) is 0 Å². The summed E-state index contributed by atoms with van der Waals surface area (Å²) in [6.07, 6.45) is 2.66. The fraction of sp³-hybridized carbons (Fsp3) is 0.444. The van der Waals surface area contributed by atoms with Crippen LogP contribution in [0.5, 0.6) is 0 Å². The number of amides is 4. The molecule has 150 valence electrons. The van der Waals surface area contributed by atoms with Crippen molar-refractivity contribution >= 4 is 47.0 Å². The van der Waals surface area contributed by atoms with Crippen molar-refractivity contribution in [1.82, 2.24) is 15.8 Å². The van der Waals surface area contributed by atoms with E-state index in [0.29, 0.717) is 23.8 Å². The van der Waals surface area contributed by atoms with Crippen LogP contribution in [0.15, 0.2) is 18.2 Å². The van der Waals surface area contributed by atoms with Crippen molar-refractivity contribution < 1.29 is 23.9 Å². The average molecular weight is 428 g/mol. The summed E-state index contributed by atoms with van der Waals surface area (Å²) in [5.41, 5.74) is 1.15. The van der Waals surface area contributed by atoms with Gasteiger partial charge in [0.1, 0.15) is 5.54 Å². The van der Waals surface area contributed by atoms with Gasteiger partial charge in [-0.1, -0.05) is 36.2 Å². The number of rotatable bonds is 4. The molecule has 1 aromatic rings. The normalized spacial score (nSPS) is 24.2. The topological polar surface area (TPSA) is 105 Å². The van der Waals surface area contributed by atoms with Crippen LogP contribution in [0.4, 0.5) is 4.79 Å². The smallest absolute Gasteiger partial charge is 0.344 e. The highest BCUT2D eigenvalue weighted by atomic mass is 35.5. The number of hydrogen-bond acceptors (Lipinski definition) is 5. The summed E-state index contributed by atoms with van der Waals surface area (Å²) in [5, 5.41) is 3.50. The van der Waals surface area contributed by atoms with Crippen LogP contribution in [0.3, 0.4) is 0 Å². The number of halogens is 2. The molecule has 0 unspecified atom stereocenters. The van der Waals surface area contributed by atoms with Crippen molar-refractivity contribution in [3.63, 3.8) is 0 Å². The van der Waals surface area contributed by atoms with E-state index in [0.717, 1.165) is 12.8 Å². The summed E-state index contributed by atoms with van der Waals surface area (Å²) >= 11 is 11.8. The van der Waals surface area contributed by atoms with Crippen molar-refractivity contribution in [2.75, 3.05) is 6.61 Å². The van der Waals surface area contributed by atoms with Gasteiger partial charge in [0, 0.05) is 0 Å². The molecule has 3 rings (SSSR count). The molecule has 0 atom stereocenters. The van der Waals surface area contributed by atoms with Gasteiger partial charge in [0.05, 0.1) is 15.6 Å². The molecule has 1 saturated heterocycles. The van der Waals surface area contributed by atoms with Gasteiger partial charge in [-0.2, -0.15) is 5.01 Å². The second-order valence-corrected chi connectivity index (χ2v) is 7.86. The Hall–Kier alpha value is -2.32. The zero-order chi connectivity index (χ0) is 20.5. The summed E-state index contributed by atoms with van der Waals surface area (Å²) in [6, 6.07) is 3.78. The summed E-state index contributed by atoms with van der Waals surface area (Å²) in [6.45, 7) is 1.38. The first-order valence-electron chi connectivity index (χ1n) is 8.81. The van der Waals surface area contributed by atoms with E-state index >= 15 is 0 Å². The van der Waals surface area contributed by atoms with Gasteiger partial charge in [-0.25, -0.2) is 9.59 Å². The fourth-order valence-corrected chi connectivity index (χ4v) is 3.92. The van der Waals surface area contributed by atoms with Gasteiger partial charge in [0.25, 0.3) is 11.8 Å². The summed E-state index contributed by atoms with van der Waals surface area (Å²) in [4.78, 5) is 49.0. The molecule has 1 saturated carbocycles. The molecular weight excluding hydrogens is 409 g/mol. The Morgan fingerprint density at radius 1 is 1.25 bits per heavy atom. The average Bonchev–Trinajstić information content (AvgIpc) is 2.87. The van der Waals surface area contributed by atoms with E-state index in [2.05, 4.69) is 17.7 Å². The van der Waals surface area contributed by atoms with Crippen LogP contribution in [0.1, 0.15) is 43.0 Å². The van der Waals surface area contributed by atoms with E-state index < -0.39 is 36.0 Å². The number of esters is 1. The number of ether oxygens (including phenoxy) is 1. The predicted octanol–water partition coefficient (Wildman–Crippen LogP) is 2.68. The number of hydrogen-bond donors (Lipinski definition) is 2. The maximum absolute atomic E-state index is 12.7. The first kappa shape index (κ1) is 20.4. The third-order valence-corrected chi connectivity index (χ3v) is 5.66. The summed E-state index contributed by atoms with van der Waals surface area (Å²) in [5.74, 6) is -1.74. The lowest BCUT2D eigenvalue weighted by Crippen LogP contribution is -2.52. The molecule has 1 aliphatic carbocycles. The Bertz CT molecular complexity index is 816. The van der Waals surface area contributed by atoms with Crippen molar-refractivity contribution in [2.24, 2.45) is 5.92 Å². The number of carbonyl (C=O) groups excluding carboxylic acids is 4. The molecule has 10 heteroatoms. The minimum atomic E-state index is -0.974. The van der Waals surface area contributed by atoms with E-state index in [4.69, 9.17) is 27.9 Å². The Kier molecular flexibility index (Phi) is 5.81. The molecule has 1 aromatic carbocycles. The molecule has 0 aromatic heterocycles. The molecule has 8 nitrogen and oxygen atoms in total. The van der Waals surface area contributed by atoms with E-state index in [1.165, 1.54) is 12.1 Å². The maximum Gasteiger partial charge on any atom is 0.344 e. The molecular formula is C18H19Cl2N3O5. The van der Waals surface area contributed by atoms with Gasteiger partial charge < -0.3 is 10.1 Å². The number of imide groups is 1. The van der Waals surface area contributed by atoms with Gasteiger partial charge in [-0.05, 0) is 43.7 Å². The van der Waals surface area contributed by atoms with Crippen LogP contribution >= 0.6 is 23.2 Å². The monoisotopic (exact) mass is 427 g/mol. The number of carbonyl (C=O) groups is 4. The summed E-state index contributed by atoms with van der Waals surface area (Å²) in [7, 11) is 0. The van der Waals surface area contributed by atoms with Crippen LogP contribution in [0.2, 0.25) is 10.0 Å². The molecule has 1 heterocycles. The van der Waals surface area contributed by atoms with Gasteiger partial charge in [-0.3, -0.25) is 15.0 Å². The lowest BCUT2D eigenvalue weighted by Gasteiger charge is -2.33. The third-order valence-electron chi connectivity index (χ3n) is 5.03. The first-order chi connectivity index (χ1) is 13.2.